The number of hydrogen-bond acceptors (Lipinski definition) is 4. The molecule has 0 saturated carbocycles. The number of morpholine rings is 1. The van der Waals surface area contributed by atoms with Gasteiger partial charge in [0.1, 0.15) is 0 Å². The molecule has 4 nitrogen and oxygen atoms in total. The molecule has 0 radical (unpaired) electrons. The van der Waals surface area contributed by atoms with Gasteiger partial charge in [-0.1, -0.05) is 66.8 Å². The third-order valence-electron chi connectivity index (χ3n) is 5.81. The summed E-state index contributed by atoms with van der Waals surface area (Å²) in [6, 6.07) is 14.4. The summed E-state index contributed by atoms with van der Waals surface area (Å²) in [4.78, 5) is 26.8. The lowest BCUT2D eigenvalue weighted by molar-refractivity contribution is -0.121. The molecule has 2 aromatic carbocycles. The molecule has 2 aromatic rings. The maximum Gasteiger partial charge on any atom is 0.163 e. The van der Waals surface area contributed by atoms with Gasteiger partial charge in [-0.2, -0.15) is 0 Å². The van der Waals surface area contributed by atoms with Crippen molar-refractivity contribution >= 4 is 29.8 Å². The molecule has 1 heterocycles. The van der Waals surface area contributed by atoms with Gasteiger partial charge in [0.15, 0.2) is 11.6 Å². The van der Waals surface area contributed by atoms with E-state index in [4.69, 9.17) is 4.74 Å². The number of benzene rings is 2. The van der Waals surface area contributed by atoms with E-state index in [1.807, 2.05) is 18.2 Å². The first-order valence-corrected chi connectivity index (χ1v) is 11.3. The van der Waals surface area contributed by atoms with E-state index in [0.717, 1.165) is 56.8 Å². The van der Waals surface area contributed by atoms with Crippen LogP contribution >= 0.6 is 0 Å². The van der Waals surface area contributed by atoms with Gasteiger partial charge in [-0.05, 0) is 52.8 Å². The second kappa shape index (κ2) is 11.0. The number of allylic oxidation sites excluding steroid dienone is 3. The molecule has 0 amide bonds. The Labute approximate surface area is 189 Å². The molecule has 2 aliphatic rings. The van der Waals surface area contributed by atoms with E-state index in [1.54, 1.807) is 12.2 Å². The third-order valence-corrected chi connectivity index (χ3v) is 5.81. The standard InChI is InChI=1S/C28H29NO3/c30-27(13-10-22-5-7-24(8-6-22)21-29-15-17-32-18-16-29)20-28(31)14-11-23-9-12-25-3-1-2-4-26(25)19-23/h1,3,5-14,19H,2,4,15-18,20-21H2/b13-10+,14-11+. The highest BCUT2D eigenvalue weighted by Crippen LogP contribution is 2.21. The number of rotatable bonds is 8. The maximum atomic E-state index is 12.2. The van der Waals surface area contributed by atoms with E-state index in [0.29, 0.717) is 0 Å². The van der Waals surface area contributed by atoms with Crippen LogP contribution in [0.1, 0.15) is 40.7 Å². The summed E-state index contributed by atoms with van der Waals surface area (Å²) in [6.07, 6.45) is 12.9. The minimum Gasteiger partial charge on any atom is -0.379 e. The van der Waals surface area contributed by atoms with E-state index in [9.17, 15) is 9.59 Å². The van der Waals surface area contributed by atoms with Crippen molar-refractivity contribution in [3.63, 3.8) is 0 Å². The number of hydrogen-bond donors (Lipinski definition) is 0. The molecule has 0 atom stereocenters. The van der Waals surface area contributed by atoms with Gasteiger partial charge in [0.05, 0.1) is 19.6 Å². The lowest BCUT2D eigenvalue weighted by Crippen LogP contribution is -2.35. The molecule has 0 aromatic heterocycles. The fourth-order valence-electron chi connectivity index (χ4n) is 3.98. The van der Waals surface area contributed by atoms with Gasteiger partial charge < -0.3 is 4.74 Å². The van der Waals surface area contributed by atoms with Crippen molar-refractivity contribution in [3.8, 4) is 0 Å². The molecule has 32 heavy (non-hydrogen) atoms. The number of carbonyl (C=O) groups is 2. The molecule has 164 valence electrons. The summed E-state index contributed by atoms with van der Waals surface area (Å²) in [7, 11) is 0. The van der Waals surface area contributed by atoms with Gasteiger partial charge >= 0.3 is 0 Å². The van der Waals surface area contributed by atoms with Crippen LogP contribution in [0, 0.1) is 0 Å². The van der Waals surface area contributed by atoms with Crippen molar-refractivity contribution in [1.82, 2.24) is 4.90 Å². The number of carbonyl (C=O) groups excluding carboxylic acids is 2. The average molecular weight is 428 g/mol. The summed E-state index contributed by atoms with van der Waals surface area (Å²) < 4.78 is 5.38. The molecule has 4 heteroatoms. The molecular formula is C28H29NO3. The van der Waals surface area contributed by atoms with E-state index >= 15 is 0 Å². The van der Waals surface area contributed by atoms with Crippen molar-refractivity contribution < 1.29 is 14.3 Å². The highest BCUT2D eigenvalue weighted by molar-refractivity contribution is 6.10. The highest BCUT2D eigenvalue weighted by Gasteiger charge is 2.10. The summed E-state index contributed by atoms with van der Waals surface area (Å²) in [5, 5.41) is 0. The van der Waals surface area contributed by atoms with Crippen LogP contribution in [0.25, 0.3) is 18.2 Å². The summed E-state index contributed by atoms with van der Waals surface area (Å²) >= 11 is 0. The predicted octanol–water partition coefficient (Wildman–Crippen LogP) is 4.73. The predicted molar refractivity (Wildman–Crippen MR) is 129 cm³/mol. The minimum atomic E-state index is -0.187. The Morgan fingerprint density at radius 3 is 2.34 bits per heavy atom. The van der Waals surface area contributed by atoms with Crippen molar-refractivity contribution in [1.29, 1.82) is 0 Å². The third kappa shape index (κ3) is 6.46. The summed E-state index contributed by atoms with van der Waals surface area (Å²) in [5.41, 5.74) is 5.74. The van der Waals surface area contributed by atoms with E-state index < -0.39 is 0 Å². The first-order chi connectivity index (χ1) is 15.7. The monoisotopic (exact) mass is 427 g/mol. The van der Waals surface area contributed by atoms with Gasteiger partial charge in [0.2, 0.25) is 0 Å². The Kier molecular flexibility index (Phi) is 7.59. The van der Waals surface area contributed by atoms with Gasteiger partial charge in [-0.3, -0.25) is 14.5 Å². The zero-order valence-electron chi connectivity index (χ0n) is 18.3. The van der Waals surface area contributed by atoms with E-state index in [2.05, 4.69) is 41.3 Å². The molecule has 0 spiro atoms. The number of fused-ring (bicyclic) bond motifs is 1. The molecular weight excluding hydrogens is 398 g/mol. The van der Waals surface area contributed by atoms with Crippen LogP contribution in [0.2, 0.25) is 0 Å². The van der Waals surface area contributed by atoms with Gasteiger partial charge in [-0.25, -0.2) is 0 Å². The number of nitrogens with zero attached hydrogens (tertiary/aromatic N) is 1. The Balaban J connectivity index is 1.26. The lowest BCUT2D eigenvalue weighted by atomic mass is 9.95. The smallest absolute Gasteiger partial charge is 0.163 e. The lowest BCUT2D eigenvalue weighted by Gasteiger charge is -2.26. The highest BCUT2D eigenvalue weighted by atomic mass is 16.5. The Morgan fingerprint density at radius 1 is 0.906 bits per heavy atom. The topological polar surface area (TPSA) is 46.6 Å². The molecule has 1 aliphatic carbocycles. The fraction of sp³-hybridized carbons (Fsp3) is 0.286. The zero-order chi connectivity index (χ0) is 22.2. The van der Waals surface area contributed by atoms with Crippen LogP contribution in [-0.2, 0) is 27.3 Å². The zero-order valence-corrected chi connectivity index (χ0v) is 18.3. The largest absolute Gasteiger partial charge is 0.379 e. The summed E-state index contributed by atoms with van der Waals surface area (Å²) in [5.74, 6) is -0.370. The first kappa shape index (κ1) is 22.1. The quantitative estimate of drug-likeness (QED) is 0.451. The molecule has 4 rings (SSSR count). The second-order valence-electron chi connectivity index (χ2n) is 8.31. The molecule has 1 saturated heterocycles. The summed E-state index contributed by atoms with van der Waals surface area (Å²) in [6.45, 7) is 4.42. The van der Waals surface area contributed by atoms with Crippen molar-refractivity contribution in [2.45, 2.75) is 25.8 Å². The van der Waals surface area contributed by atoms with Gasteiger partial charge in [0.25, 0.3) is 0 Å². The van der Waals surface area contributed by atoms with Crippen molar-refractivity contribution in [2.75, 3.05) is 26.3 Å². The van der Waals surface area contributed by atoms with Crippen LogP contribution in [0.15, 0.2) is 60.7 Å². The van der Waals surface area contributed by atoms with Gasteiger partial charge in [0, 0.05) is 19.6 Å². The molecule has 0 N–H and O–H groups in total. The molecule has 1 fully saturated rings. The van der Waals surface area contributed by atoms with Crippen molar-refractivity contribution in [2.24, 2.45) is 0 Å². The van der Waals surface area contributed by atoms with Crippen LogP contribution in [-0.4, -0.2) is 42.8 Å². The van der Waals surface area contributed by atoms with Crippen LogP contribution in [0.3, 0.4) is 0 Å². The van der Waals surface area contributed by atoms with E-state index in [1.165, 1.54) is 28.8 Å². The van der Waals surface area contributed by atoms with Crippen LogP contribution < -0.4 is 0 Å². The Morgan fingerprint density at radius 2 is 1.59 bits per heavy atom. The number of ether oxygens (including phenoxy) is 1. The maximum absolute atomic E-state index is 12.2. The number of aryl methyl sites for hydroxylation is 1. The molecule has 0 unspecified atom stereocenters. The van der Waals surface area contributed by atoms with Gasteiger partial charge in [-0.15, -0.1) is 0 Å². The van der Waals surface area contributed by atoms with Crippen molar-refractivity contribution in [3.05, 3.63) is 88.5 Å². The first-order valence-electron chi connectivity index (χ1n) is 11.3. The van der Waals surface area contributed by atoms with E-state index in [-0.39, 0.29) is 18.0 Å². The van der Waals surface area contributed by atoms with Crippen LogP contribution in [0.5, 0.6) is 0 Å². The van der Waals surface area contributed by atoms with Crippen LogP contribution in [0.4, 0.5) is 0 Å². The molecule has 1 aliphatic heterocycles. The Bertz CT molecular complexity index is 1040. The molecule has 0 bridgehead atoms. The fourth-order valence-corrected chi connectivity index (χ4v) is 3.98. The number of ketones is 2. The average Bonchev–Trinajstić information content (AvgIpc) is 2.83. The SMILES string of the molecule is O=C(/C=C/c1ccc(CN2CCOCC2)cc1)CC(=O)/C=C/c1ccc2c(c1)CCC=C2. The minimum absolute atomic E-state index is 0.115. The Hall–Kier alpha value is -3.08. The normalized spacial score (nSPS) is 16.5. The second-order valence-corrected chi connectivity index (χ2v) is 8.31.